The predicted molar refractivity (Wildman–Crippen MR) is 86.1 cm³/mol. The second-order valence-electron chi connectivity index (χ2n) is 5.14. The summed E-state index contributed by atoms with van der Waals surface area (Å²) in [6.45, 7) is 5.65. The third-order valence-electron chi connectivity index (χ3n) is 3.47. The highest BCUT2D eigenvalue weighted by atomic mass is 35.5. The van der Waals surface area contributed by atoms with Crippen molar-refractivity contribution in [2.75, 3.05) is 0 Å². The molecule has 1 N–H and O–H groups in total. The van der Waals surface area contributed by atoms with Gasteiger partial charge in [0.2, 0.25) is 10.0 Å². The lowest BCUT2D eigenvalue weighted by molar-refractivity contribution is 0.567. The summed E-state index contributed by atoms with van der Waals surface area (Å²) in [6, 6.07) is 11.9. The van der Waals surface area contributed by atoms with Crippen molar-refractivity contribution in [3.63, 3.8) is 0 Å². The van der Waals surface area contributed by atoms with Gasteiger partial charge < -0.3 is 0 Å². The number of sulfonamides is 1. The Labute approximate surface area is 131 Å². The molecule has 1 atom stereocenters. The summed E-state index contributed by atoms with van der Waals surface area (Å²) in [5, 5.41) is 0.588. The van der Waals surface area contributed by atoms with Gasteiger partial charge >= 0.3 is 0 Å². The van der Waals surface area contributed by atoms with Crippen molar-refractivity contribution in [2.45, 2.75) is 31.7 Å². The van der Waals surface area contributed by atoms with Gasteiger partial charge in [-0.15, -0.1) is 0 Å². The Morgan fingerprint density at radius 2 is 1.76 bits per heavy atom. The largest absolute Gasteiger partial charge is 0.241 e. The summed E-state index contributed by atoms with van der Waals surface area (Å²) in [4.78, 5) is 0.277. The lowest BCUT2D eigenvalue weighted by Gasteiger charge is -2.15. The molecule has 112 valence electrons. The maximum Gasteiger partial charge on any atom is 0.241 e. The van der Waals surface area contributed by atoms with E-state index >= 15 is 0 Å². The van der Waals surface area contributed by atoms with Crippen molar-refractivity contribution in [3.05, 3.63) is 64.2 Å². The highest BCUT2D eigenvalue weighted by molar-refractivity contribution is 7.89. The van der Waals surface area contributed by atoms with Crippen molar-refractivity contribution in [1.29, 1.82) is 0 Å². The molecule has 0 saturated heterocycles. The van der Waals surface area contributed by atoms with E-state index in [0.717, 1.165) is 16.7 Å². The normalized spacial score (nSPS) is 13.1. The van der Waals surface area contributed by atoms with Gasteiger partial charge in [0.05, 0.1) is 4.90 Å². The molecule has 5 heteroatoms. The standard InChI is InChI=1S/C16H18ClNO2S/c1-11-7-8-16(9-12(11)2)21(19,20)18-13(3)14-5-4-6-15(17)10-14/h4-10,13,18H,1-3H3/t13-/m1/s1. The summed E-state index contributed by atoms with van der Waals surface area (Å²) in [7, 11) is -3.55. The number of benzene rings is 2. The predicted octanol–water partition coefficient (Wildman–Crippen LogP) is 4.00. The average molecular weight is 324 g/mol. The summed E-state index contributed by atoms with van der Waals surface area (Å²) in [5.74, 6) is 0. The lowest BCUT2D eigenvalue weighted by atomic mass is 10.1. The van der Waals surface area contributed by atoms with E-state index in [-0.39, 0.29) is 10.9 Å². The first-order valence-electron chi connectivity index (χ1n) is 6.64. The fraction of sp³-hybridized carbons (Fsp3) is 0.250. The maximum absolute atomic E-state index is 12.4. The molecule has 0 aliphatic heterocycles. The maximum atomic E-state index is 12.4. The van der Waals surface area contributed by atoms with Crippen molar-refractivity contribution >= 4 is 21.6 Å². The van der Waals surface area contributed by atoms with Gasteiger partial charge in [0.15, 0.2) is 0 Å². The van der Waals surface area contributed by atoms with Crippen molar-refractivity contribution in [3.8, 4) is 0 Å². The van der Waals surface area contributed by atoms with Gasteiger partial charge in [-0.25, -0.2) is 13.1 Å². The van der Waals surface area contributed by atoms with E-state index in [1.807, 2.05) is 26.0 Å². The van der Waals surface area contributed by atoms with Crippen LogP contribution in [0.5, 0.6) is 0 Å². The van der Waals surface area contributed by atoms with Gasteiger partial charge in [0, 0.05) is 11.1 Å². The molecule has 0 fully saturated rings. The van der Waals surface area contributed by atoms with E-state index in [1.54, 1.807) is 37.3 Å². The molecule has 21 heavy (non-hydrogen) atoms. The molecule has 0 aromatic heterocycles. The molecule has 0 aliphatic carbocycles. The Morgan fingerprint density at radius 1 is 1.05 bits per heavy atom. The molecule has 0 aliphatic rings. The van der Waals surface area contributed by atoms with E-state index < -0.39 is 10.0 Å². The van der Waals surface area contributed by atoms with E-state index in [2.05, 4.69) is 4.72 Å². The third-order valence-corrected chi connectivity index (χ3v) is 5.24. The average Bonchev–Trinajstić information content (AvgIpc) is 2.41. The fourth-order valence-electron chi connectivity index (χ4n) is 2.03. The minimum absolute atomic E-state index is 0.277. The summed E-state index contributed by atoms with van der Waals surface area (Å²) >= 11 is 5.94. The van der Waals surface area contributed by atoms with Crippen molar-refractivity contribution in [1.82, 2.24) is 4.72 Å². The molecule has 2 rings (SSSR count). The molecule has 2 aromatic rings. The smallest absolute Gasteiger partial charge is 0.207 e. The summed E-state index contributed by atoms with van der Waals surface area (Å²) < 4.78 is 27.5. The Balaban J connectivity index is 2.26. The van der Waals surface area contributed by atoms with Crippen LogP contribution < -0.4 is 4.72 Å². The molecule has 2 aromatic carbocycles. The molecule has 0 heterocycles. The molecule has 0 unspecified atom stereocenters. The highest BCUT2D eigenvalue weighted by Gasteiger charge is 2.18. The van der Waals surface area contributed by atoms with E-state index in [1.165, 1.54) is 0 Å². The highest BCUT2D eigenvalue weighted by Crippen LogP contribution is 2.21. The van der Waals surface area contributed by atoms with Crippen LogP contribution in [0.4, 0.5) is 0 Å². The fourth-order valence-corrected chi connectivity index (χ4v) is 3.54. The Morgan fingerprint density at radius 3 is 2.38 bits per heavy atom. The minimum Gasteiger partial charge on any atom is -0.207 e. The van der Waals surface area contributed by atoms with Gasteiger partial charge in [-0.1, -0.05) is 29.8 Å². The first-order valence-corrected chi connectivity index (χ1v) is 8.51. The van der Waals surface area contributed by atoms with E-state index in [4.69, 9.17) is 11.6 Å². The topological polar surface area (TPSA) is 46.2 Å². The minimum atomic E-state index is -3.55. The molecule has 3 nitrogen and oxygen atoms in total. The van der Waals surface area contributed by atoms with Crippen LogP contribution in [0.3, 0.4) is 0 Å². The van der Waals surface area contributed by atoms with Gasteiger partial charge in [0.25, 0.3) is 0 Å². The number of nitrogens with one attached hydrogen (secondary N) is 1. The number of aryl methyl sites for hydroxylation is 2. The van der Waals surface area contributed by atoms with Gasteiger partial charge in [-0.3, -0.25) is 0 Å². The molecule has 0 amide bonds. The van der Waals surface area contributed by atoms with Gasteiger partial charge in [-0.2, -0.15) is 0 Å². The Bertz CT molecular complexity index is 757. The summed E-state index contributed by atoms with van der Waals surface area (Å²) in [5.41, 5.74) is 2.85. The Hall–Kier alpha value is -1.36. The van der Waals surface area contributed by atoms with Crippen molar-refractivity contribution < 1.29 is 8.42 Å². The van der Waals surface area contributed by atoms with Crippen LogP contribution in [0.1, 0.15) is 29.7 Å². The van der Waals surface area contributed by atoms with Gasteiger partial charge in [-0.05, 0) is 61.7 Å². The van der Waals surface area contributed by atoms with Gasteiger partial charge in [0.1, 0.15) is 0 Å². The molecule has 0 radical (unpaired) electrons. The zero-order chi connectivity index (χ0) is 15.6. The van der Waals surface area contributed by atoms with Crippen LogP contribution in [0.25, 0.3) is 0 Å². The SMILES string of the molecule is Cc1ccc(S(=O)(=O)N[C@H](C)c2cccc(Cl)c2)cc1C. The first kappa shape index (κ1) is 16.0. The first-order chi connectivity index (χ1) is 9.79. The van der Waals surface area contributed by atoms with Crippen LogP contribution in [0.15, 0.2) is 47.4 Å². The van der Waals surface area contributed by atoms with Crippen LogP contribution >= 0.6 is 11.6 Å². The number of halogens is 1. The second kappa shape index (κ2) is 6.18. The van der Waals surface area contributed by atoms with E-state index in [9.17, 15) is 8.42 Å². The molecular weight excluding hydrogens is 306 g/mol. The van der Waals surface area contributed by atoms with Crippen molar-refractivity contribution in [2.24, 2.45) is 0 Å². The molecular formula is C16H18ClNO2S. The van der Waals surface area contributed by atoms with Crippen LogP contribution in [0.2, 0.25) is 5.02 Å². The Kier molecular flexibility index (Phi) is 4.71. The number of hydrogen-bond donors (Lipinski definition) is 1. The number of hydrogen-bond acceptors (Lipinski definition) is 2. The lowest BCUT2D eigenvalue weighted by Crippen LogP contribution is -2.27. The monoisotopic (exact) mass is 323 g/mol. The zero-order valence-corrected chi connectivity index (χ0v) is 13.8. The van der Waals surface area contributed by atoms with Crippen LogP contribution in [-0.4, -0.2) is 8.42 Å². The quantitative estimate of drug-likeness (QED) is 0.924. The van der Waals surface area contributed by atoms with Crippen LogP contribution in [0, 0.1) is 13.8 Å². The number of rotatable bonds is 4. The second-order valence-corrected chi connectivity index (χ2v) is 7.29. The van der Waals surface area contributed by atoms with E-state index in [0.29, 0.717) is 5.02 Å². The molecule has 0 saturated carbocycles. The zero-order valence-electron chi connectivity index (χ0n) is 12.2. The molecule has 0 bridgehead atoms. The third kappa shape index (κ3) is 3.84. The summed E-state index contributed by atoms with van der Waals surface area (Å²) in [6.07, 6.45) is 0. The van der Waals surface area contributed by atoms with Crippen LogP contribution in [-0.2, 0) is 10.0 Å². The molecule has 0 spiro atoms.